The van der Waals surface area contributed by atoms with Crippen LogP contribution in [0.25, 0.3) is 0 Å². The normalized spacial score (nSPS) is 10.5. The predicted octanol–water partition coefficient (Wildman–Crippen LogP) is 0.646. The Hall–Kier alpha value is -1.98. The van der Waals surface area contributed by atoms with E-state index in [-0.39, 0.29) is 0 Å². The Balaban J connectivity index is 2.11. The van der Waals surface area contributed by atoms with E-state index in [9.17, 15) is 0 Å². The summed E-state index contributed by atoms with van der Waals surface area (Å²) >= 11 is 0. The zero-order valence-electron chi connectivity index (χ0n) is 8.78. The minimum atomic E-state index is 0.656. The third kappa shape index (κ3) is 1.78. The lowest BCUT2D eigenvalue weighted by atomic mass is 10.3. The van der Waals surface area contributed by atoms with Crippen LogP contribution >= 0.6 is 0 Å². The van der Waals surface area contributed by atoms with Crippen LogP contribution in [-0.4, -0.2) is 20.0 Å². The molecule has 0 radical (unpaired) electrons. The smallest absolute Gasteiger partial charge is 0.148 e. The maximum atomic E-state index is 5.87. The molecule has 0 saturated carbocycles. The molecule has 0 saturated heterocycles. The molecule has 6 nitrogen and oxygen atoms in total. The Kier molecular flexibility index (Phi) is 2.32. The quantitative estimate of drug-likeness (QED) is 0.688. The SMILES string of the molecule is Cc1nn(C)c(NCc2ccn[nH]2)c1N. The summed E-state index contributed by atoms with van der Waals surface area (Å²) < 4.78 is 1.74. The molecule has 2 heterocycles. The molecule has 0 aliphatic carbocycles. The summed E-state index contributed by atoms with van der Waals surface area (Å²) in [4.78, 5) is 0. The van der Waals surface area contributed by atoms with Gasteiger partial charge >= 0.3 is 0 Å². The van der Waals surface area contributed by atoms with Crippen molar-refractivity contribution in [2.45, 2.75) is 13.5 Å². The summed E-state index contributed by atoms with van der Waals surface area (Å²) in [6, 6.07) is 1.91. The molecule has 0 spiro atoms. The molecule has 2 aromatic rings. The maximum Gasteiger partial charge on any atom is 0.148 e. The largest absolute Gasteiger partial charge is 0.394 e. The molecule has 80 valence electrons. The zero-order valence-corrected chi connectivity index (χ0v) is 8.78. The van der Waals surface area contributed by atoms with Gasteiger partial charge in [0.2, 0.25) is 0 Å². The number of hydrogen-bond acceptors (Lipinski definition) is 4. The van der Waals surface area contributed by atoms with Crippen LogP contribution in [0.3, 0.4) is 0 Å². The van der Waals surface area contributed by atoms with E-state index in [1.165, 1.54) is 0 Å². The number of aryl methyl sites for hydroxylation is 2. The molecule has 2 rings (SSSR count). The Morgan fingerprint density at radius 2 is 2.40 bits per heavy atom. The van der Waals surface area contributed by atoms with Crippen LogP contribution in [0.15, 0.2) is 12.3 Å². The first-order valence-electron chi connectivity index (χ1n) is 4.69. The number of anilines is 2. The second-order valence-electron chi connectivity index (χ2n) is 3.41. The van der Waals surface area contributed by atoms with Crippen LogP contribution < -0.4 is 11.1 Å². The van der Waals surface area contributed by atoms with E-state index in [0.717, 1.165) is 17.2 Å². The van der Waals surface area contributed by atoms with Crippen LogP contribution in [0.5, 0.6) is 0 Å². The van der Waals surface area contributed by atoms with Gasteiger partial charge in [-0.1, -0.05) is 0 Å². The van der Waals surface area contributed by atoms with Gasteiger partial charge in [0.25, 0.3) is 0 Å². The minimum absolute atomic E-state index is 0.656. The van der Waals surface area contributed by atoms with E-state index in [0.29, 0.717) is 12.2 Å². The standard InChI is InChI=1S/C9H14N6/c1-6-8(10)9(15(2)14-6)11-5-7-3-4-12-13-7/h3-4,11H,5,10H2,1-2H3,(H,12,13). The highest BCUT2D eigenvalue weighted by atomic mass is 15.3. The topological polar surface area (TPSA) is 84.5 Å². The van der Waals surface area contributed by atoms with E-state index in [1.54, 1.807) is 10.9 Å². The summed E-state index contributed by atoms with van der Waals surface area (Å²) in [6.07, 6.45) is 1.72. The lowest BCUT2D eigenvalue weighted by molar-refractivity contribution is 0.756. The van der Waals surface area contributed by atoms with Gasteiger partial charge in [-0.2, -0.15) is 10.2 Å². The summed E-state index contributed by atoms with van der Waals surface area (Å²) in [5.74, 6) is 0.835. The molecule has 0 bridgehead atoms. The fraction of sp³-hybridized carbons (Fsp3) is 0.333. The van der Waals surface area contributed by atoms with Gasteiger partial charge in [0.15, 0.2) is 0 Å². The van der Waals surface area contributed by atoms with Crippen LogP contribution in [0.2, 0.25) is 0 Å². The number of nitrogens with zero attached hydrogens (tertiary/aromatic N) is 3. The fourth-order valence-electron chi connectivity index (χ4n) is 1.45. The number of rotatable bonds is 3. The van der Waals surface area contributed by atoms with E-state index in [1.807, 2.05) is 20.0 Å². The van der Waals surface area contributed by atoms with Gasteiger partial charge < -0.3 is 11.1 Å². The molecular weight excluding hydrogens is 192 g/mol. The number of nitrogens with one attached hydrogen (secondary N) is 2. The van der Waals surface area contributed by atoms with E-state index < -0.39 is 0 Å². The second kappa shape index (κ2) is 3.64. The van der Waals surface area contributed by atoms with Crippen LogP contribution in [0, 0.1) is 6.92 Å². The molecule has 15 heavy (non-hydrogen) atoms. The van der Waals surface area contributed by atoms with Crippen molar-refractivity contribution in [2.75, 3.05) is 11.1 Å². The third-order valence-electron chi connectivity index (χ3n) is 2.27. The number of nitrogen functional groups attached to an aromatic ring is 1. The van der Waals surface area contributed by atoms with Gasteiger partial charge in [-0.05, 0) is 13.0 Å². The van der Waals surface area contributed by atoms with Crippen LogP contribution in [0.1, 0.15) is 11.4 Å². The Morgan fingerprint density at radius 1 is 1.60 bits per heavy atom. The third-order valence-corrected chi connectivity index (χ3v) is 2.27. The van der Waals surface area contributed by atoms with Crippen molar-refractivity contribution in [1.29, 1.82) is 0 Å². The summed E-state index contributed by atoms with van der Waals surface area (Å²) in [5, 5.41) is 14.2. The highest BCUT2D eigenvalue weighted by Gasteiger charge is 2.09. The van der Waals surface area contributed by atoms with Crippen molar-refractivity contribution < 1.29 is 0 Å². The fourth-order valence-corrected chi connectivity index (χ4v) is 1.45. The second-order valence-corrected chi connectivity index (χ2v) is 3.41. The van der Waals surface area contributed by atoms with Crippen LogP contribution in [0.4, 0.5) is 11.5 Å². The Morgan fingerprint density at radius 3 is 2.93 bits per heavy atom. The molecule has 6 heteroatoms. The molecule has 4 N–H and O–H groups in total. The van der Waals surface area contributed by atoms with Crippen LogP contribution in [-0.2, 0) is 13.6 Å². The summed E-state index contributed by atoms with van der Waals surface area (Å²) in [7, 11) is 1.86. The predicted molar refractivity (Wildman–Crippen MR) is 58.3 cm³/mol. The first-order chi connectivity index (χ1) is 7.18. The van der Waals surface area contributed by atoms with Gasteiger partial charge in [0.1, 0.15) is 5.82 Å². The number of aromatic nitrogens is 4. The molecule has 0 aliphatic rings. The van der Waals surface area contributed by atoms with Gasteiger partial charge in [0, 0.05) is 13.2 Å². The average molecular weight is 206 g/mol. The Labute approximate surface area is 87.5 Å². The van der Waals surface area contributed by atoms with Crippen molar-refractivity contribution in [1.82, 2.24) is 20.0 Å². The monoisotopic (exact) mass is 206 g/mol. The van der Waals surface area contributed by atoms with Crippen molar-refractivity contribution in [2.24, 2.45) is 7.05 Å². The lowest BCUT2D eigenvalue weighted by Gasteiger charge is -2.05. The van der Waals surface area contributed by atoms with Gasteiger partial charge in [-0.3, -0.25) is 9.78 Å². The molecule has 0 unspecified atom stereocenters. The Bertz CT molecular complexity index is 441. The first kappa shape index (κ1) is 9.57. The molecule has 0 amide bonds. The highest BCUT2D eigenvalue weighted by molar-refractivity contribution is 5.64. The number of aromatic amines is 1. The minimum Gasteiger partial charge on any atom is -0.394 e. The number of nitrogens with two attached hydrogens (primary N) is 1. The van der Waals surface area contributed by atoms with E-state index in [4.69, 9.17) is 5.73 Å². The lowest BCUT2D eigenvalue weighted by Crippen LogP contribution is -2.06. The average Bonchev–Trinajstić information content (AvgIpc) is 2.76. The molecule has 0 aromatic carbocycles. The van der Waals surface area contributed by atoms with Crippen molar-refractivity contribution in [3.63, 3.8) is 0 Å². The number of hydrogen-bond donors (Lipinski definition) is 3. The molecule has 0 aliphatic heterocycles. The molecule has 0 atom stereocenters. The van der Waals surface area contributed by atoms with E-state index in [2.05, 4.69) is 20.6 Å². The molecule has 0 fully saturated rings. The van der Waals surface area contributed by atoms with Gasteiger partial charge in [-0.15, -0.1) is 0 Å². The summed E-state index contributed by atoms with van der Waals surface area (Å²) in [5.41, 5.74) is 8.41. The van der Waals surface area contributed by atoms with Crippen molar-refractivity contribution >= 4 is 11.5 Å². The van der Waals surface area contributed by atoms with Crippen molar-refractivity contribution in [3.8, 4) is 0 Å². The van der Waals surface area contributed by atoms with Gasteiger partial charge in [0.05, 0.1) is 23.6 Å². The first-order valence-corrected chi connectivity index (χ1v) is 4.69. The van der Waals surface area contributed by atoms with Crippen molar-refractivity contribution in [3.05, 3.63) is 23.7 Å². The molecule has 2 aromatic heterocycles. The number of H-pyrrole nitrogens is 1. The maximum absolute atomic E-state index is 5.87. The summed E-state index contributed by atoms with van der Waals surface area (Å²) in [6.45, 7) is 2.54. The highest BCUT2D eigenvalue weighted by Crippen LogP contribution is 2.21. The molecular formula is C9H14N6. The van der Waals surface area contributed by atoms with E-state index >= 15 is 0 Å². The zero-order chi connectivity index (χ0) is 10.8. The van der Waals surface area contributed by atoms with Gasteiger partial charge in [-0.25, -0.2) is 0 Å².